The summed E-state index contributed by atoms with van der Waals surface area (Å²) in [6.07, 6.45) is 11.4. The summed E-state index contributed by atoms with van der Waals surface area (Å²) in [7, 11) is 0. The molecule has 0 bridgehead atoms. The van der Waals surface area contributed by atoms with Crippen LogP contribution >= 0.6 is 0 Å². The summed E-state index contributed by atoms with van der Waals surface area (Å²) in [5.41, 5.74) is 1.63. The minimum atomic E-state index is 0.788. The van der Waals surface area contributed by atoms with Crippen LogP contribution in [0.15, 0.2) is 23.8 Å². The summed E-state index contributed by atoms with van der Waals surface area (Å²) in [6, 6.07) is 0. The first-order chi connectivity index (χ1) is 6.72. The molecule has 2 aliphatic rings. The van der Waals surface area contributed by atoms with E-state index in [0.717, 1.165) is 23.7 Å². The van der Waals surface area contributed by atoms with Gasteiger partial charge in [-0.25, -0.2) is 0 Å². The minimum Gasteiger partial charge on any atom is -0.0811 e. The maximum absolute atomic E-state index is 2.50. The molecule has 0 heterocycles. The normalized spacial score (nSPS) is 41.8. The molecule has 0 amide bonds. The highest BCUT2D eigenvalue weighted by molar-refractivity contribution is 5.29. The molecule has 0 fully saturated rings. The summed E-state index contributed by atoms with van der Waals surface area (Å²) < 4.78 is 0. The second kappa shape index (κ2) is 3.92. The van der Waals surface area contributed by atoms with Crippen LogP contribution in [-0.4, -0.2) is 0 Å². The van der Waals surface area contributed by atoms with Crippen molar-refractivity contribution in [1.29, 1.82) is 0 Å². The molecular weight excluding hydrogens is 168 g/mol. The Kier molecular flexibility index (Phi) is 2.80. The molecule has 0 aromatic rings. The van der Waals surface area contributed by atoms with E-state index >= 15 is 0 Å². The molecule has 0 heteroatoms. The average molecular weight is 190 g/mol. The van der Waals surface area contributed by atoms with Crippen LogP contribution in [0.25, 0.3) is 0 Å². The van der Waals surface area contributed by atoms with Crippen molar-refractivity contribution in [3.63, 3.8) is 0 Å². The van der Waals surface area contributed by atoms with Gasteiger partial charge in [-0.15, -0.1) is 0 Å². The van der Waals surface area contributed by atoms with E-state index in [2.05, 4.69) is 39.0 Å². The van der Waals surface area contributed by atoms with E-state index in [0.29, 0.717) is 0 Å². The largest absolute Gasteiger partial charge is 0.0811 e. The lowest BCUT2D eigenvalue weighted by Crippen LogP contribution is -2.27. The molecule has 0 aliphatic heterocycles. The first-order valence-electron chi connectivity index (χ1n) is 6.12. The third-order valence-electron chi connectivity index (χ3n) is 4.09. The van der Waals surface area contributed by atoms with Gasteiger partial charge in [-0.05, 0) is 42.1 Å². The lowest BCUT2D eigenvalue weighted by atomic mass is 9.67. The molecule has 2 unspecified atom stereocenters. The Labute approximate surface area is 88.1 Å². The van der Waals surface area contributed by atoms with E-state index in [9.17, 15) is 0 Å². The lowest BCUT2D eigenvalue weighted by molar-refractivity contribution is 0.257. The fourth-order valence-corrected chi connectivity index (χ4v) is 3.21. The van der Waals surface area contributed by atoms with Crippen molar-refractivity contribution in [1.82, 2.24) is 0 Å². The number of allylic oxidation sites excluding steroid dienone is 4. The van der Waals surface area contributed by atoms with Gasteiger partial charge in [0.1, 0.15) is 0 Å². The Morgan fingerprint density at radius 1 is 1.29 bits per heavy atom. The van der Waals surface area contributed by atoms with Crippen molar-refractivity contribution in [2.75, 3.05) is 0 Å². The van der Waals surface area contributed by atoms with Crippen LogP contribution < -0.4 is 0 Å². The van der Waals surface area contributed by atoms with Gasteiger partial charge < -0.3 is 0 Å². The zero-order valence-electron chi connectivity index (χ0n) is 9.66. The van der Waals surface area contributed by atoms with Gasteiger partial charge in [-0.2, -0.15) is 0 Å². The van der Waals surface area contributed by atoms with Crippen LogP contribution in [0.1, 0.15) is 40.0 Å². The molecule has 0 spiro atoms. The number of rotatable bonds is 1. The second-order valence-corrected chi connectivity index (χ2v) is 5.12. The predicted molar refractivity (Wildman–Crippen MR) is 62.1 cm³/mol. The molecule has 2 rings (SSSR count). The van der Waals surface area contributed by atoms with Crippen molar-refractivity contribution in [3.05, 3.63) is 23.8 Å². The maximum atomic E-state index is 2.50. The first kappa shape index (κ1) is 10.0. The number of fused-ring (bicyclic) bond motifs is 1. The summed E-state index contributed by atoms with van der Waals surface area (Å²) in [4.78, 5) is 0. The summed E-state index contributed by atoms with van der Waals surface area (Å²) >= 11 is 0. The van der Waals surface area contributed by atoms with Gasteiger partial charge in [0.15, 0.2) is 0 Å². The Hall–Kier alpha value is -0.520. The first-order valence-corrected chi connectivity index (χ1v) is 6.12. The highest BCUT2D eigenvalue weighted by atomic mass is 14.4. The van der Waals surface area contributed by atoms with Crippen molar-refractivity contribution in [2.24, 2.45) is 23.7 Å². The SMILES string of the molecule is CC[C@H]1C(C)C=CC2=C[C@H](C)CCC21. The van der Waals surface area contributed by atoms with Crippen molar-refractivity contribution < 1.29 is 0 Å². The highest BCUT2D eigenvalue weighted by Gasteiger charge is 2.31. The summed E-state index contributed by atoms with van der Waals surface area (Å²) in [5, 5.41) is 0. The minimum absolute atomic E-state index is 0.788. The van der Waals surface area contributed by atoms with E-state index in [1.165, 1.54) is 19.3 Å². The van der Waals surface area contributed by atoms with E-state index in [4.69, 9.17) is 0 Å². The molecule has 2 aliphatic carbocycles. The molecule has 0 saturated heterocycles. The molecule has 0 aromatic heterocycles. The molecule has 14 heavy (non-hydrogen) atoms. The number of hydrogen-bond acceptors (Lipinski definition) is 0. The average Bonchev–Trinajstić information content (AvgIpc) is 2.18. The fourth-order valence-electron chi connectivity index (χ4n) is 3.21. The third kappa shape index (κ3) is 1.67. The van der Waals surface area contributed by atoms with Gasteiger partial charge in [0, 0.05) is 0 Å². The topological polar surface area (TPSA) is 0 Å². The summed E-state index contributed by atoms with van der Waals surface area (Å²) in [5.74, 6) is 3.36. The Bertz CT molecular complexity index is 259. The van der Waals surface area contributed by atoms with Gasteiger partial charge in [0.25, 0.3) is 0 Å². The third-order valence-corrected chi connectivity index (χ3v) is 4.09. The van der Waals surface area contributed by atoms with Crippen LogP contribution in [0.4, 0.5) is 0 Å². The van der Waals surface area contributed by atoms with Gasteiger partial charge in [-0.3, -0.25) is 0 Å². The Morgan fingerprint density at radius 3 is 2.79 bits per heavy atom. The molecule has 0 N–H and O–H groups in total. The Balaban J connectivity index is 2.26. The standard InChI is InChI=1S/C14H22/c1-4-13-11(3)6-7-12-9-10(2)5-8-14(12)13/h6-7,9-11,13-14H,4-5,8H2,1-3H3/t10-,11?,13+,14?/m1/s1. The van der Waals surface area contributed by atoms with E-state index in [-0.39, 0.29) is 0 Å². The molecule has 4 atom stereocenters. The zero-order chi connectivity index (χ0) is 10.1. The monoisotopic (exact) mass is 190 g/mol. The highest BCUT2D eigenvalue weighted by Crippen LogP contribution is 2.42. The van der Waals surface area contributed by atoms with Gasteiger partial charge in [0.05, 0.1) is 0 Å². The quantitative estimate of drug-likeness (QED) is 0.581. The lowest BCUT2D eigenvalue weighted by Gasteiger charge is -2.38. The van der Waals surface area contributed by atoms with Crippen molar-refractivity contribution in [3.8, 4) is 0 Å². The van der Waals surface area contributed by atoms with Crippen LogP contribution in [0, 0.1) is 23.7 Å². The Morgan fingerprint density at radius 2 is 2.07 bits per heavy atom. The van der Waals surface area contributed by atoms with Crippen LogP contribution in [-0.2, 0) is 0 Å². The van der Waals surface area contributed by atoms with Crippen molar-refractivity contribution >= 4 is 0 Å². The molecule has 78 valence electrons. The second-order valence-electron chi connectivity index (χ2n) is 5.12. The molecule has 0 radical (unpaired) electrons. The van der Waals surface area contributed by atoms with Gasteiger partial charge in [0.2, 0.25) is 0 Å². The van der Waals surface area contributed by atoms with Crippen LogP contribution in [0.5, 0.6) is 0 Å². The van der Waals surface area contributed by atoms with E-state index < -0.39 is 0 Å². The molecule has 0 saturated carbocycles. The van der Waals surface area contributed by atoms with Crippen LogP contribution in [0.2, 0.25) is 0 Å². The maximum Gasteiger partial charge on any atom is -0.0131 e. The van der Waals surface area contributed by atoms with Crippen molar-refractivity contribution in [2.45, 2.75) is 40.0 Å². The van der Waals surface area contributed by atoms with E-state index in [1.807, 2.05) is 0 Å². The van der Waals surface area contributed by atoms with Gasteiger partial charge >= 0.3 is 0 Å². The van der Waals surface area contributed by atoms with E-state index in [1.54, 1.807) is 5.57 Å². The predicted octanol–water partition coefficient (Wildman–Crippen LogP) is 4.19. The smallest absolute Gasteiger partial charge is 0.0131 e. The zero-order valence-corrected chi connectivity index (χ0v) is 9.66. The molecule has 0 aromatic carbocycles. The number of hydrogen-bond donors (Lipinski definition) is 0. The van der Waals surface area contributed by atoms with Gasteiger partial charge in [-0.1, -0.05) is 45.4 Å². The van der Waals surface area contributed by atoms with Crippen LogP contribution in [0.3, 0.4) is 0 Å². The fraction of sp³-hybridized carbons (Fsp3) is 0.714. The molecule has 0 nitrogen and oxygen atoms in total. The molecular formula is C14H22. The summed E-state index contributed by atoms with van der Waals surface area (Å²) in [6.45, 7) is 7.06.